The average Bonchev–Trinajstić information content (AvgIpc) is 2.52. The van der Waals surface area contributed by atoms with Crippen molar-refractivity contribution in [3.05, 3.63) is 71.8 Å². The van der Waals surface area contributed by atoms with Crippen molar-refractivity contribution in [1.82, 2.24) is 5.32 Å². The number of benzene rings is 2. The van der Waals surface area contributed by atoms with Crippen LogP contribution in [0.5, 0.6) is 0 Å². The van der Waals surface area contributed by atoms with E-state index in [1.165, 1.54) is 0 Å². The van der Waals surface area contributed by atoms with Crippen LogP contribution in [0.3, 0.4) is 0 Å². The predicted octanol–water partition coefficient (Wildman–Crippen LogP) is 3.08. The Bertz CT molecular complexity index is 604. The lowest BCUT2D eigenvalue weighted by Gasteiger charge is -2.16. The van der Waals surface area contributed by atoms with Gasteiger partial charge in [0.25, 0.3) is 0 Å². The van der Waals surface area contributed by atoms with E-state index in [1.807, 2.05) is 30.3 Å². The summed E-state index contributed by atoms with van der Waals surface area (Å²) >= 11 is 0. The zero-order chi connectivity index (χ0) is 15.1. The molecular formula is C15H16NO4P. The topological polar surface area (TPSA) is 75.6 Å². The van der Waals surface area contributed by atoms with Crippen LogP contribution < -0.4 is 5.32 Å². The molecule has 0 fully saturated rings. The third-order valence-electron chi connectivity index (χ3n) is 2.85. The lowest BCUT2D eigenvalue weighted by molar-refractivity contribution is 0.138. The molecule has 2 N–H and O–H groups in total. The van der Waals surface area contributed by atoms with E-state index in [2.05, 4.69) is 5.32 Å². The predicted molar refractivity (Wildman–Crippen MR) is 80.2 cm³/mol. The molecule has 5 nitrogen and oxygen atoms in total. The molecule has 0 aliphatic carbocycles. The summed E-state index contributed by atoms with van der Waals surface area (Å²) in [5.41, 5.74) is 1.42. The summed E-state index contributed by atoms with van der Waals surface area (Å²) < 4.78 is 16.5. The van der Waals surface area contributed by atoms with E-state index in [0.717, 1.165) is 5.56 Å². The quantitative estimate of drug-likeness (QED) is 0.832. The first-order valence-corrected chi connectivity index (χ1v) is 7.85. The van der Waals surface area contributed by atoms with Crippen LogP contribution in [0.25, 0.3) is 0 Å². The van der Waals surface area contributed by atoms with Crippen LogP contribution in [0.1, 0.15) is 16.9 Å². The lowest BCUT2D eigenvalue weighted by Crippen LogP contribution is -2.27. The third-order valence-corrected chi connectivity index (χ3v) is 3.83. The summed E-state index contributed by atoms with van der Waals surface area (Å²) in [5.74, 6) is -0.945. The first-order valence-electron chi connectivity index (χ1n) is 6.42. The van der Waals surface area contributed by atoms with Crippen molar-refractivity contribution in [3.8, 4) is 0 Å². The molecule has 6 heteroatoms. The van der Waals surface area contributed by atoms with Gasteiger partial charge in [-0.1, -0.05) is 60.7 Å². The molecule has 0 heterocycles. The molecule has 21 heavy (non-hydrogen) atoms. The van der Waals surface area contributed by atoms with Crippen LogP contribution in [0, 0.1) is 0 Å². The van der Waals surface area contributed by atoms with Gasteiger partial charge in [-0.15, -0.1) is 0 Å². The van der Waals surface area contributed by atoms with Gasteiger partial charge in [0, 0.05) is 0 Å². The minimum Gasteiger partial charge on any atom is -0.445 e. The van der Waals surface area contributed by atoms with Crippen molar-refractivity contribution < 1.29 is 19.0 Å². The van der Waals surface area contributed by atoms with Crippen LogP contribution in [0.4, 0.5) is 4.79 Å². The van der Waals surface area contributed by atoms with Gasteiger partial charge in [-0.25, -0.2) is 4.79 Å². The minimum atomic E-state index is -2.96. The van der Waals surface area contributed by atoms with Gasteiger partial charge in [0.2, 0.25) is 8.03 Å². The van der Waals surface area contributed by atoms with Gasteiger partial charge in [0.15, 0.2) is 0 Å². The normalized spacial score (nSPS) is 13.2. The zero-order valence-electron chi connectivity index (χ0n) is 11.2. The van der Waals surface area contributed by atoms with Crippen LogP contribution in [0.15, 0.2) is 60.7 Å². The second kappa shape index (κ2) is 7.62. The molecule has 0 saturated carbocycles. The van der Waals surface area contributed by atoms with Gasteiger partial charge in [-0.2, -0.15) is 0 Å². The maximum Gasteiger partial charge on any atom is 0.408 e. The molecule has 2 unspecified atom stereocenters. The first-order chi connectivity index (χ1) is 10.2. The van der Waals surface area contributed by atoms with E-state index < -0.39 is 19.9 Å². The van der Waals surface area contributed by atoms with Crippen molar-refractivity contribution in [1.29, 1.82) is 0 Å². The molecule has 2 rings (SSSR count). The fourth-order valence-corrected chi connectivity index (χ4v) is 2.53. The van der Waals surface area contributed by atoms with E-state index in [-0.39, 0.29) is 6.61 Å². The number of carbonyl (C=O) groups is 1. The third kappa shape index (κ3) is 4.74. The Kier molecular flexibility index (Phi) is 5.55. The van der Waals surface area contributed by atoms with Crippen LogP contribution in [-0.4, -0.2) is 11.0 Å². The standard InChI is InChI=1S/C15H16NO4P/c17-15(20-11-12-7-3-1-4-8-12)16-14(21(18)19)13-9-5-2-6-10-13/h1-10,14,21H,11H2,(H,16,17)(H,18,19). The van der Waals surface area contributed by atoms with Gasteiger partial charge in [0.05, 0.1) is 0 Å². The Morgan fingerprint density at radius 1 is 1.10 bits per heavy atom. The molecule has 2 atom stereocenters. The number of carbonyl (C=O) groups excluding carboxylic acids is 1. The number of nitrogens with one attached hydrogen (secondary N) is 1. The van der Waals surface area contributed by atoms with Crippen molar-refractivity contribution >= 4 is 14.1 Å². The molecule has 1 amide bonds. The second-order valence-corrected chi connectivity index (χ2v) is 5.64. The van der Waals surface area contributed by atoms with Crippen molar-refractivity contribution in [2.45, 2.75) is 12.4 Å². The summed E-state index contributed by atoms with van der Waals surface area (Å²) in [4.78, 5) is 21.1. The summed E-state index contributed by atoms with van der Waals surface area (Å²) in [6.07, 6.45) is -0.722. The maximum absolute atomic E-state index is 11.7. The summed E-state index contributed by atoms with van der Waals surface area (Å²) in [6.45, 7) is 0.112. The van der Waals surface area contributed by atoms with Crippen molar-refractivity contribution in [2.75, 3.05) is 0 Å². The fourth-order valence-electron chi connectivity index (χ4n) is 1.82. The van der Waals surface area contributed by atoms with E-state index in [4.69, 9.17) is 4.74 Å². The molecule has 2 aromatic carbocycles. The summed E-state index contributed by atoms with van der Waals surface area (Å²) in [5, 5.41) is 2.42. The molecule has 0 saturated heterocycles. The molecule has 0 bridgehead atoms. The monoisotopic (exact) mass is 305 g/mol. The number of alkyl carbamates (subject to hydrolysis) is 1. The average molecular weight is 305 g/mol. The van der Waals surface area contributed by atoms with Crippen LogP contribution >= 0.6 is 8.03 Å². The molecule has 2 aromatic rings. The molecule has 110 valence electrons. The fraction of sp³-hybridized carbons (Fsp3) is 0.133. The highest BCUT2D eigenvalue weighted by molar-refractivity contribution is 7.38. The second-order valence-electron chi connectivity index (χ2n) is 4.39. The van der Waals surface area contributed by atoms with Gasteiger partial charge in [0.1, 0.15) is 12.4 Å². The van der Waals surface area contributed by atoms with E-state index in [1.54, 1.807) is 30.3 Å². The Morgan fingerprint density at radius 3 is 2.24 bits per heavy atom. The van der Waals surface area contributed by atoms with E-state index in [0.29, 0.717) is 5.56 Å². The smallest absolute Gasteiger partial charge is 0.408 e. The number of rotatable bonds is 5. The van der Waals surface area contributed by atoms with Gasteiger partial charge < -0.3 is 14.9 Å². The number of ether oxygens (including phenoxy) is 1. The van der Waals surface area contributed by atoms with E-state index >= 15 is 0 Å². The highest BCUT2D eigenvalue weighted by atomic mass is 31.1. The largest absolute Gasteiger partial charge is 0.445 e. The molecule has 0 spiro atoms. The molecular weight excluding hydrogens is 289 g/mol. The SMILES string of the molecule is O=C(NC(c1ccccc1)[PH](=O)O)OCc1ccccc1. The Balaban J connectivity index is 1.95. The van der Waals surface area contributed by atoms with Crippen molar-refractivity contribution in [2.24, 2.45) is 0 Å². The summed E-state index contributed by atoms with van der Waals surface area (Å²) in [6, 6.07) is 17.9. The van der Waals surface area contributed by atoms with Gasteiger partial charge >= 0.3 is 6.09 Å². The number of hydrogen-bond acceptors (Lipinski definition) is 3. The van der Waals surface area contributed by atoms with Crippen LogP contribution in [0.2, 0.25) is 0 Å². The Labute approximate surface area is 123 Å². The number of amides is 1. The molecule has 0 radical (unpaired) electrons. The van der Waals surface area contributed by atoms with Gasteiger partial charge in [-0.05, 0) is 11.1 Å². The Hall–Kier alpha value is -2.10. The lowest BCUT2D eigenvalue weighted by atomic mass is 10.2. The molecule has 0 aliphatic rings. The summed E-state index contributed by atoms with van der Waals surface area (Å²) in [7, 11) is -2.96. The number of hydrogen-bond donors (Lipinski definition) is 2. The Morgan fingerprint density at radius 2 is 1.67 bits per heavy atom. The maximum atomic E-state index is 11.7. The highest BCUT2D eigenvalue weighted by Crippen LogP contribution is 2.34. The molecule has 0 aromatic heterocycles. The zero-order valence-corrected chi connectivity index (χ0v) is 12.2. The van der Waals surface area contributed by atoms with Crippen LogP contribution in [-0.2, 0) is 15.9 Å². The molecule has 0 aliphatic heterocycles. The first kappa shape index (κ1) is 15.3. The van der Waals surface area contributed by atoms with E-state index in [9.17, 15) is 14.3 Å². The highest BCUT2D eigenvalue weighted by Gasteiger charge is 2.19. The van der Waals surface area contributed by atoms with Gasteiger partial charge in [-0.3, -0.25) is 4.57 Å². The minimum absolute atomic E-state index is 0.112. The van der Waals surface area contributed by atoms with Crippen molar-refractivity contribution in [3.63, 3.8) is 0 Å².